The Morgan fingerprint density at radius 2 is 2.38 bits per heavy atom. The summed E-state index contributed by atoms with van der Waals surface area (Å²) in [5.74, 6) is 0. The molecule has 1 aromatic rings. The molecule has 0 aromatic carbocycles. The van der Waals surface area contributed by atoms with Crippen LogP contribution in [0.3, 0.4) is 0 Å². The van der Waals surface area contributed by atoms with Crippen molar-refractivity contribution in [3.05, 3.63) is 10.6 Å². The zero-order valence-electron chi connectivity index (χ0n) is 7.78. The van der Waals surface area contributed by atoms with Crippen LogP contribution in [0.2, 0.25) is 0 Å². The highest BCUT2D eigenvalue weighted by Gasteiger charge is 2.23. The maximum absolute atomic E-state index is 4.03. The fourth-order valence-electron chi connectivity index (χ4n) is 1.40. The maximum Gasteiger partial charge on any atom is 0.0920 e. The summed E-state index contributed by atoms with van der Waals surface area (Å²) in [6, 6.07) is 0. The third-order valence-corrected chi connectivity index (χ3v) is 4.59. The van der Waals surface area contributed by atoms with E-state index in [0.29, 0.717) is 5.37 Å². The Balaban J connectivity index is 2.12. The van der Waals surface area contributed by atoms with E-state index in [9.17, 15) is 0 Å². The van der Waals surface area contributed by atoms with Crippen molar-refractivity contribution in [1.29, 1.82) is 0 Å². The first-order chi connectivity index (χ1) is 6.27. The third kappa shape index (κ3) is 2.03. The fraction of sp³-hybridized carbons (Fsp3) is 0.750. The van der Waals surface area contributed by atoms with Crippen molar-refractivity contribution in [2.75, 3.05) is 6.54 Å². The number of rotatable bonds is 1. The number of thioether (sulfide) groups is 1. The van der Waals surface area contributed by atoms with Gasteiger partial charge in [-0.15, -0.1) is 16.9 Å². The van der Waals surface area contributed by atoms with Gasteiger partial charge in [-0.2, -0.15) is 0 Å². The molecule has 0 aliphatic carbocycles. The summed E-state index contributed by atoms with van der Waals surface area (Å²) >= 11 is 3.49. The van der Waals surface area contributed by atoms with Gasteiger partial charge >= 0.3 is 0 Å². The van der Waals surface area contributed by atoms with Gasteiger partial charge in [0, 0.05) is 5.25 Å². The Hall–Kier alpha value is -0.130. The van der Waals surface area contributed by atoms with Crippen LogP contribution in [0.4, 0.5) is 0 Å². The summed E-state index contributed by atoms with van der Waals surface area (Å²) in [4.78, 5) is 1.29. The first kappa shape index (κ1) is 9.43. The number of aromatic nitrogens is 2. The molecule has 3 nitrogen and oxygen atoms in total. The quantitative estimate of drug-likeness (QED) is 0.777. The summed E-state index contributed by atoms with van der Waals surface area (Å²) in [6.45, 7) is 5.42. The SMILES string of the molecule is Cc1nnsc1C1NCCC(C)S1. The van der Waals surface area contributed by atoms with Crippen LogP contribution in [0.25, 0.3) is 0 Å². The van der Waals surface area contributed by atoms with Crippen LogP contribution in [0.1, 0.15) is 29.3 Å². The van der Waals surface area contributed by atoms with Crippen molar-refractivity contribution < 1.29 is 0 Å². The maximum atomic E-state index is 4.03. The molecule has 1 aliphatic heterocycles. The fourth-order valence-corrected chi connectivity index (χ4v) is 3.53. The van der Waals surface area contributed by atoms with Gasteiger partial charge in [-0.1, -0.05) is 11.4 Å². The molecule has 0 bridgehead atoms. The second kappa shape index (κ2) is 3.94. The number of nitrogens with zero attached hydrogens (tertiary/aromatic N) is 2. The van der Waals surface area contributed by atoms with Gasteiger partial charge in [0.15, 0.2) is 0 Å². The van der Waals surface area contributed by atoms with E-state index in [0.717, 1.165) is 17.5 Å². The van der Waals surface area contributed by atoms with E-state index in [1.54, 1.807) is 0 Å². The summed E-state index contributed by atoms with van der Waals surface area (Å²) < 4.78 is 3.96. The molecule has 13 heavy (non-hydrogen) atoms. The van der Waals surface area contributed by atoms with Gasteiger partial charge in [-0.05, 0) is 31.4 Å². The van der Waals surface area contributed by atoms with E-state index >= 15 is 0 Å². The molecule has 1 saturated heterocycles. The molecule has 1 N–H and O–H groups in total. The van der Waals surface area contributed by atoms with Crippen molar-refractivity contribution in [3.63, 3.8) is 0 Å². The molecule has 2 atom stereocenters. The highest BCUT2D eigenvalue weighted by Crippen LogP contribution is 2.36. The minimum absolute atomic E-state index is 0.420. The molecular formula is C8H13N3S2. The smallest absolute Gasteiger partial charge is 0.0920 e. The van der Waals surface area contributed by atoms with E-state index in [1.165, 1.54) is 22.8 Å². The van der Waals surface area contributed by atoms with Crippen LogP contribution in [0.5, 0.6) is 0 Å². The summed E-state index contributed by atoms with van der Waals surface area (Å²) in [5, 5.41) is 8.68. The van der Waals surface area contributed by atoms with Crippen LogP contribution in [0, 0.1) is 6.92 Å². The zero-order valence-corrected chi connectivity index (χ0v) is 9.41. The first-order valence-electron chi connectivity index (χ1n) is 4.45. The van der Waals surface area contributed by atoms with Gasteiger partial charge in [-0.3, -0.25) is 0 Å². The average Bonchev–Trinajstić information content (AvgIpc) is 2.51. The lowest BCUT2D eigenvalue weighted by molar-refractivity contribution is 0.608. The van der Waals surface area contributed by atoms with Gasteiger partial charge in [0.2, 0.25) is 0 Å². The van der Waals surface area contributed by atoms with Crippen LogP contribution < -0.4 is 5.32 Å². The predicted octanol–water partition coefficient (Wildman–Crippen LogP) is 1.96. The van der Waals surface area contributed by atoms with Crippen molar-refractivity contribution >= 4 is 23.3 Å². The molecule has 2 unspecified atom stereocenters. The number of hydrogen-bond acceptors (Lipinski definition) is 5. The minimum atomic E-state index is 0.420. The van der Waals surface area contributed by atoms with Crippen LogP contribution in [0.15, 0.2) is 0 Å². The molecular weight excluding hydrogens is 202 g/mol. The lowest BCUT2D eigenvalue weighted by Gasteiger charge is -2.26. The van der Waals surface area contributed by atoms with Gasteiger partial charge in [0.25, 0.3) is 0 Å². The largest absolute Gasteiger partial charge is 0.301 e. The zero-order chi connectivity index (χ0) is 9.26. The minimum Gasteiger partial charge on any atom is -0.301 e. The Kier molecular flexibility index (Phi) is 2.86. The molecule has 2 heterocycles. The van der Waals surface area contributed by atoms with Crippen LogP contribution in [-0.4, -0.2) is 21.4 Å². The highest BCUT2D eigenvalue weighted by atomic mass is 32.2. The molecule has 1 aliphatic rings. The summed E-state index contributed by atoms with van der Waals surface area (Å²) in [6.07, 6.45) is 1.26. The van der Waals surface area contributed by atoms with E-state index in [4.69, 9.17) is 0 Å². The Bertz CT molecular complexity index is 287. The van der Waals surface area contributed by atoms with Crippen molar-refractivity contribution in [1.82, 2.24) is 14.9 Å². The number of aryl methyl sites for hydroxylation is 1. The molecule has 72 valence electrons. The van der Waals surface area contributed by atoms with Crippen molar-refractivity contribution in [2.24, 2.45) is 0 Å². The van der Waals surface area contributed by atoms with Gasteiger partial charge in [0.05, 0.1) is 15.9 Å². The van der Waals surface area contributed by atoms with E-state index in [2.05, 4.69) is 21.8 Å². The topological polar surface area (TPSA) is 37.8 Å². The lowest BCUT2D eigenvalue weighted by Crippen LogP contribution is -2.28. The third-order valence-electron chi connectivity index (χ3n) is 2.17. The summed E-state index contributed by atoms with van der Waals surface area (Å²) in [7, 11) is 0. The van der Waals surface area contributed by atoms with E-state index in [-0.39, 0.29) is 0 Å². The van der Waals surface area contributed by atoms with Gasteiger partial charge in [0.1, 0.15) is 0 Å². The average molecular weight is 215 g/mol. The first-order valence-corrected chi connectivity index (χ1v) is 6.16. The molecule has 5 heteroatoms. The second-order valence-corrected chi connectivity index (χ2v) is 5.63. The van der Waals surface area contributed by atoms with Crippen LogP contribution >= 0.6 is 23.3 Å². The molecule has 0 spiro atoms. The van der Waals surface area contributed by atoms with Crippen molar-refractivity contribution in [2.45, 2.75) is 30.9 Å². The van der Waals surface area contributed by atoms with Crippen LogP contribution in [-0.2, 0) is 0 Å². The monoisotopic (exact) mass is 215 g/mol. The molecule has 0 radical (unpaired) electrons. The van der Waals surface area contributed by atoms with Crippen molar-refractivity contribution in [3.8, 4) is 0 Å². The number of nitrogens with one attached hydrogen (secondary N) is 1. The van der Waals surface area contributed by atoms with Gasteiger partial charge in [-0.25, -0.2) is 0 Å². The van der Waals surface area contributed by atoms with E-state index < -0.39 is 0 Å². The Morgan fingerprint density at radius 3 is 3.00 bits per heavy atom. The molecule has 1 aromatic heterocycles. The highest BCUT2D eigenvalue weighted by molar-refractivity contribution is 8.00. The number of hydrogen-bond donors (Lipinski definition) is 1. The lowest BCUT2D eigenvalue weighted by atomic mass is 10.3. The Morgan fingerprint density at radius 1 is 1.54 bits per heavy atom. The molecule has 2 rings (SSSR count). The molecule has 1 fully saturated rings. The molecule has 0 saturated carbocycles. The Labute approximate surface area is 86.5 Å². The predicted molar refractivity (Wildman–Crippen MR) is 57.1 cm³/mol. The van der Waals surface area contributed by atoms with Gasteiger partial charge < -0.3 is 5.32 Å². The normalized spacial score (nSPS) is 29.1. The summed E-state index contributed by atoms with van der Waals surface area (Å²) in [5.41, 5.74) is 1.07. The molecule has 0 amide bonds. The van der Waals surface area contributed by atoms with E-state index in [1.807, 2.05) is 18.7 Å². The standard InChI is InChI=1S/C8H13N3S2/c1-5-3-4-9-8(12-5)7-6(2)10-11-13-7/h5,8-9H,3-4H2,1-2H3. The second-order valence-electron chi connectivity index (χ2n) is 3.29.